The number of ether oxygens (including phenoxy) is 1. The highest BCUT2D eigenvalue weighted by molar-refractivity contribution is 5.90. The highest BCUT2D eigenvalue weighted by atomic mass is 16.5. The smallest absolute Gasteiger partial charge is 0.124 e. The van der Waals surface area contributed by atoms with Crippen LogP contribution in [0.3, 0.4) is 0 Å². The van der Waals surface area contributed by atoms with Crippen molar-refractivity contribution in [2.45, 2.75) is 44.1 Å². The predicted molar refractivity (Wildman–Crippen MR) is 131 cm³/mol. The minimum absolute atomic E-state index is 0.0340. The van der Waals surface area contributed by atoms with Crippen LogP contribution in [0.1, 0.15) is 53.9 Å². The van der Waals surface area contributed by atoms with Gasteiger partial charge in [-0.3, -0.25) is 0 Å². The molecular formula is C30H28O3. The lowest BCUT2D eigenvalue weighted by atomic mass is 9.63. The van der Waals surface area contributed by atoms with Crippen molar-refractivity contribution < 1.29 is 14.9 Å². The van der Waals surface area contributed by atoms with E-state index in [-0.39, 0.29) is 23.7 Å². The van der Waals surface area contributed by atoms with E-state index < -0.39 is 0 Å². The Balaban J connectivity index is 1.67. The molecule has 4 atom stereocenters. The molecule has 1 aliphatic carbocycles. The molecule has 1 heterocycles. The van der Waals surface area contributed by atoms with Crippen LogP contribution in [0.2, 0.25) is 0 Å². The number of phenolic OH excluding ortho intramolecular Hbond substituents is 2. The van der Waals surface area contributed by atoms with E-state index in [1.54, 1.807) is 6.07 Å². The number of hydrogen-bond donors (Lipinski definition) is 2. The summed E-state index contributed by atoms with van der Waals surface area (Å²) in [5.74, 6) is 2.03. The molecule has 3 nitrogen and oxygen atoms in total. The van der Waals surface area contributed by atoms with Gasteiger partial charge in [-0.2, -0.15) is 0 Å². The molecule has 0 amide bonds. The lowest BCUT2D eigenvalue weighted by Crippen LogP contribution is -2.44. The minimum Gasteiger partial charge on any atom is -0.508 e. The Morgan fingerprint density at radius 3 is 2.45 bits per heavy atom. The number of benzene rings is 4. The van der Waals surface area contributed by atoms with Crippen LogP contribution in [0.15, 0.2) is 78.9 Å². The molecule has 166 valence electrons. The second kappa shape index (κ2) is 7.84. The van der Waals surface area contributed by atoms with Gasteiger partial charge < -0.3 is 14.9 Å². The zero-order chi connectivity index (χ0) is 22.5. The third kappa shape index (κ3) is 3.26. The molecule has 33 heavy (non-hydrogen) atoms. The van der Waals surface area contributed by atoms with Crippen LogP contribution in [0, 0.1) is 5.92 Å². The number of aromatic hydroxyl groups is 2. The lowest BCUT2D eigenvalue weighted by molar-refractivity contribution is 0.0676. The van der Waals surface area contributed by atoms with Crippen molar-refractivity contribution >= 4 is 10.8 Å². The van der Waals surface area contributed by atoms with E-state index in [9.17, 15) is 10.2 Å². The molecule has 4 unspecified atom stereocenters. The van der Waals surface area contributed by atoms with Gasteiger partial charge in [-0.1, -0.05) is 61.9 Å². The summed E-state index contributed by atoms with van der Waals surface area (Å²) >= 11 is 0. The quantitative estimate of drug-likeness (QED) is 0.367. The fraction of sp³-hybridized carbons (Fsp3) is 0.267. The molecule has 2 aliphatic rings. The van der Waals surface area contributed by atoms with Crippen molar-refractivity contribution in [3.05, 3.63) is 101 Å². The Morgan fingerprint density at radius 2 is 1.64 bits per heavy atom. The molecule has 2 N–H and O–H groups in total. The molecule has 4 aromatic rings. The second-order valence-corrected chi connectivity index (χ2v) is 9.52. The van der Waals surface area contributed by atoms with Crippen LogP contribution in [0.4, 0.5) is 0 Å². The summed E-state index contributed by atoms with van der Waals surface area (Å²) < 4.78 is 6.83. The summed E-state index contributed by atoms with van der Waals surface area (Å²) in [6.45, 7) is 2.24. The normalized spacial score (nSPS) is 23.3. The van der Waals surface area contributed by atoms with E-state index in [2.05, 4.69) is 55.5 Å². The van der Waals surface area contributed by atoms with Gasteiger partial charge >= 0.3 is 0 Å². The molecule has 0 spiro atoms. The Bertz CT molecular complexity index is 1330. The van der Waals surface area contributed by atoms with E-state index in [1.165, 1.54) is 16.7 Å². The summed E-state index contributed by atoms with van der Waals surface area (Å²) in [4.78, 5) is 0. The van der Waals surface area contributed by atoms with Crippen LogP contribution in [0.25, 0.3) is 10.8 Å². The molecule has 0 fully saturated rings. The van der Waals surface area contributed by atoms with E-state index in [0.717, 1.165) is 41.3 Å². The van der Waals surface area contributed by atoms with Crippen LogP contribution in [0.5, 0.6) is 17.2 Å². The maximum absolute atomic E-state index is 10.4. The number of rotatable bonds is 3. The average Bonchev–Trinajstić information content (AvgIpc) is 2.83. The van der Waals surface area contributed by atoms with Gasteiger partial charge in [-0.25, -0.2) is 0 Å². The second-order valence-electron chi connectivity index (χ2n) is 9.52. The molecule has 1 aliphatic heterocycles. The van der Waals surface area contributed by atoms with E-state index in [1.807, 2.05) is 24.3 Å². The summed E-state index contributed by atoms with van der Waals surface area (Å²) in [5, 5.41) is 22.9. The number of hydrogen-bond acceptors (Lipinski definition) is 3. The van der Waals surface area contributed by atoms with Crippen molar-refractivity contribution in [2.24, 2.45) is 5.92 Å². The van der Waals surface area contributed by atoms with E-state index in [4.69, 9.17) is 4.74 Å². The molecule has 3 heteroatoms. The van der Waals surface area contributed by atoms with Gasteiger partial charge in [0.1, 0.15) is 23.4 Å². The molecule has 0 bridgehead atoms. The van der Waals surface area contributed by atoms with Crippen LogP contribution < -0.4 is 4.74 Å². The Labute approximate surface area is 194 Å². The SMILES string of the molecule is CCCC1Cc2ccc(O)cc2C2C(c3ccccc3)c3c(ccc4ccc(O)cc34)OC12. The first-order chi connectivity index (χ1) is 16.1. The van der Waals surface area contributed by atoms with Crippen molar-refractivity contribution in [1.29, 1.82) is 0 Å². The van der Waals surface area contributed by atoms with Gasteiger partial charge in [0.15, 0.2) is 0 Å². The summed E-state index contributed by atoms with van der Waals surface area (Å²) in [6, 6.07) is 26.3. The van der Waals surface area contributed by atoms with Gasteiger partial charge in [-0.15, -0.1) is 0 Å². The first-order valence-electron chi connectivity index (χ1n) is 11.9. The number of fused-ring (bicyclic) bond motifs is 6. The third-order valence-electron chi connectivity index (χ3n) is 7.55. The maximum Gasteiger partial charge on any atom is 0.124 e. The van der Waals surface area contributed by atoms with Gasteiger partial charge in [-0.05, 0) is 70.6 Å². The Kier molecular flexibility index (Phi) is 4.79. The molecular weight excluding hydrogens is 408 g/mol. The molecule has 0 saturated heterocycles. The van der Waals surface area contributed by atoms with Crippen molar-refractivity contribution in [3.8, 4) is 17.2 Å². The standard InChI is InChI=1S/C30H28O3/c1-2-6-21-15-20-10-13-23(32)17-25(20)29-27(19-7-4-3-5-8-19)28-24-16-22(31)12-9-18(24)11-14-26(28)33-30(21)29/h3-5,7-14,16-17,21,27,29-32H,2,6,15H2,1H3. The topological polar surface area (TPSA) is 49.7 Å². The Hall–Kier alpha value is -3.46. The molecule has 0 saturated carbocycles. The molecule has 0 radical (unpaired) electrons. The molecule has 6 rings (SSSR count). The fourth-order valence-electron chi connectivity index (χ4n) is 6.22. The van der Waals surface area contributed by atoms with Gasteiger partial charge in [0.25, 0.3) is 0 Å². The van der Waals surface area contributed by atoms with Gasteiger partial charge in [0.2, 0.25) is 0 Å². The minimum atomic E-state index is 0.0340. The summed E-state index contributed by atoms with van der Waals surface area (Å²) in [7, 11) is 0. The van der Waals surface area contributed by atoms with Crippen LogP contribution in [-0.4, -0.2) is 16.3 Å². The predicted octanol–water partition coefficient (Wildman–Crippen LogP) is 6.90. The zero-order valence-electron chi connectivity index (χ0n) is 18.7. The highest BCUT2D eigenvalue weighted by Crippen LogP contribution is 2.56. The third-order valence-corrected chi connectivity index (χ3v) is 7.55. The van der Waals surface area contributed by atoms with Crippen molar-refractivity contribution in [1.82, 2.24) is 0 Å². The zero-order valence-corrected chi connectivity index (χ0v) is 18.7. The highest BCUT2D eigenvalue weighted by Gasteiger charge is 2.47. The average molecular weight is 437 g/mol. The lowest BCUT2D eigenvalue weighted by Gasteiger charge is -2.47. The molecule has 0 aromatic heterocycles. The van der Waals surface area contributed by atoms with Crippen molar-refractivity contribution in [2.75, 3.05) is 0 Å². The first kappa shape index (κ1) is 20.2. The van der Waals surface area contributed by atoms with E-state index in [0.29, 0.717) is 11.7 Å². The van der Waals surface area contributed by atoms with E-state index >= 15 is 0 Å². The van der Waals surface area contributed by atoms with Gasteiger partial charge in [0, 0.05) is 23.3 Å². The summed E-state index contributed by atoms with van der Waals surface area (Å²) in [5.41, 5.74) is 4.86. The first-order valence-corrected chi connectivity index (χ1v) is 11.9. The monoisotopic (exact) mass is 436 g/mol. The van der Waals surface area contributed by atoms with Gasteiger partial charge in [0.05, 0.1) is 0 Å². The number of phenols is 2. The maximum atomic E-state index is 10.4. The summed E-state index contributed by atoms with van der Waals surface area (Å²) in [6.07, 6.45) is 3.22. The van der Waals surface area contributed by atoms with Crippen LogP contribution >= 0.6 is 0 Å². The van der Waals surface area contributed by atoms with Crippen molar-refractivity contribution in [3.63, 3.8) is 0 Å². The Morgan fingerprint density at radius 1 is 0.879 bits per heavy atom. The molecule has 4 aromatic carbocycles. The van der Waals surface area contributed by atoms with Crippen LogP contribution in [-0.2, 0) is 6.42 Å². The fourth-order valence-corrected chi connectivity index (χ4v) is 6.22. The largest absolute Gasteiger partial charge is 0.508 e.